The highest BCUT2D eigenvalue weighted by Gasteiger charge is 2.50. The fraction of sp³-hybridized carbons (Fsp3) is 0.900. The average molecular weight is 184 g/mol. The molecular formula is C10H16O3. The number of hydrogen-bond donors (Lipinski definition) is 2. The zero-order valence-electron chi connectivity index (χ0n) is 7.70. The van der Waals surface area contributed by atoms with Crippen LogP contribution in [0.1, 0.15) is 38.5 Å². The van der Waals surface area contributed by atoms with Crippen molar-refractivity contribution in [2.24, 2.45) is 11.3 Å². The van der Waals surface area contributed by atoms with Crippen LogP contribution in [0.4, 0.5) is 0 Å². The highest BCUT2D eigenvalue weighted by molar-refractivity contribution is 5.68. The van der Waals surface area contributed by atoms with Gasteiger partial charge in [-0.15, -0.1) is 0 Å². The molecule has 3 nitrogen and oxygen atoms in total. The van der Waals surface area contributed by atoms with Crippen molar-refractivity contribution in [2.45, 2.75) is 44.6 Å². The van der Waals surface area contributed by atoms with Gasteiger partial charge in [0.1, 0.15) is 0 Å². The molecule has 2 fully saturated rings. The van der Waals surface area contributed by atoms with Crippen LogP contribution in [0.25, 0.3) is 0 Å². The molecule has 0 saturated heterocycles. The third-order valence-corrected chi connectivity index (χ3v) is 3.80. The van der Waals surface area contributed by atoms with Gasteiger partial charge in [-0.25, -0.2) is 0 Å². The molecule has 0 aromatic rings. The van der Waals surface area contributed by atoms with E-state index in [4.69, 9.17) is 5.11 Å². The van der Waals surface area contributed by atoms with Crippen LogP contribution in [0, 0.1) is 11.3 Å². The van der Waals surface area contributed by atoms with E-state index in [9.17, 15) is 9.90 Å². The summed E-state index contributed by atoms with van der Waals surface area (Å²) in [5, 5.41) is 18.3. The Labute approximate surface area is 77.8 Å². The van der Waals surface area contributed by atoms with Gasteiger partial charge in [0.2, 0.25) is 0 Å². The third kappa shape index (κ3) is 1.46. The van der Waals surface area contributed by atoms with Crippen LogP contribution in [0.15, 0.2) is 0 Å². The lowest BCUT2D eigenvalue weighted by atomic mass is 9.77. The number of carboxylic acid groups (broad SMARTS) is 1. The number of aliphatic hydroxyl groups is 1. The van der Waals surface area contributed by atoms with Crippen LogP contribution >= 0.6 is 0 Å². The average Bonchev–Trinajstić information content (AvgIpc) is 2.40. The van der Waals surface area contributed by atoms with Crippen LogP contribution in [-0.4, -0.2) is 22.3 Å². The van der Waals surface area contributed by atoms with Gasteiger partial charge in [-0.1, -0.05) is 6.42 Å². The van der Waals surface area contributed by atoms with E-state index >= 15 is 0 Å². The van der Waals surface area contributed by atoms with Crippen molar-refractivity contribution in [3.63, 3.8) is 0 Å². The quantitative estimate of drug-likeness (QED) is 0.682. The molecule has 0 aromatic carbocycles. The van der Waals surface area contributed by atoms with E-state index in [0.717, 1.165) is 25.7 Å². The molecule has 0 radical (unpaired) electrons. The number of rotatable bonds is 2. The first kappa shape index (κ1) is 9.00. The maximum atomic E-state index is 10.7. The Kier molecular flexibility index (Phi) is 2.06. The van der Waals surface area contributed by atoms with E-state index in [0.29, 0.717) is 12.3 Å². The fourth-order valence-electron chi connectivity index (χ4n) is 3.33. The Bertz CT molecular complexity index is 226. The number of carboxylic acids is 1. The topological polar surface area (TPSA) is 57.5 Å². The van der Waals surface area contributed by atoms with Gasteiger partial charge in [0, 0.05) is 0 Å². The highest BCUT2D eigenvalue weighted by Crippen LogP contribution is 2.56. The second-order valence-corrected chi connectivity index (χ2v) is 4.62. The summed E-state index contributed by atoms with van der Waals surface area (Å²) in [5.74, 6) is -0.236. The fourth-order valence-corrected chi connectivity index (χ4v) is 3.33. The first-order valence-electron chi connectivity index (χ1n) is 5.02. The molecule has 13 heavy (non-hydrogen) atoms. The summed E-state index contributed by atoms with van der Waals surface area (Å²) in [5.41, 5.74) is -0.0503. The summed E-state index contributed by atoms with van der Waals surface area (Å²) in [6, 6.07) is 0. The SMILES string of the molecule is O=C(O)CC12CCCC1CC(O)C2. The molecule has 2 aliphatic carbocycles. The molecule has 3 unspecified atom stereocenters. The van der Waals surface area contributed by atoms with E-state index in [1.165, 1.54) is 0 Å². The van der Waals surface area contributed by atoms with Crippen molar-refractivity contribution >= 4 is 5.97 Å². The lowest BCUT2D eigenvalue weighted by Crippen LogP contribution is -2.24. The van der Waals surface area contributed by atoms with E-state index in [2.05, 4.69) is 0 Å². The Balaban J connectivity index is 2.13. The predicted molar refractivity (Wildman–Crippen MR) is 47.3 cm³/mol. The van der Waals surface area contributed by atoms with Gasteiger partial charge < -0.3 is 10.2 Å². The summed E-state index contributed by atoms with van der Waals surface area (Å²) >= 11 is 0. The molecule has 2 N–H and O–H groups in total. The van der Waals surface area contributed by atoms with Crippen LogP contribution in [0.3, 0.4) is 0 Å². The number of hydrogen-bond acceptors (Lipinski definition) is 2. The molecule has 0 amide bonds. The maximum Gasteiger partial charge on any atom is 0.303 e. The van der Waals surface area contributed by atoms with Gasteiger partial charge in [-0.05, 0) is 37.0 Å². The third-order valence-electron chi connectivity index (χ3n) is 3.80. The molecule has 0 aliphatic heterocycles. The van der Waals surface area contributed by atoms with Gasteiger partial charge in [-0.2, -0.15) is 0 Å². The molecule has 74 valence electrons. The molecular weight excluding hydrogens is 168 g/mol. The lowest BCUT2D eigenvalue weighted by Gasteiger charge is -2.26. The van der Waals surface area contributed by atoms with Crippen LogP contribution in [0.2, 0.25) is 0 Å². The highest BCUT2D eigenvalue weighted by atomic mass is 16.4. The standard InChI is InChI=1S/C10H16O3/c11-8-4-7-2-1-3-10(7,5-8)6-9(12)13/h7-8,11H,1-6H2,(H,12,13). The first-order valence-corrected chi connectivity index (χ1v) is 5.02. The Morgan fingerprint density at radius 1 is 1.54 bits per heavy atom. The van der Waals surface area contributed by atoms with Gasteiger partial charge in [-0.3, -0.25) is 4.79 Å². The minimum absolute atomic E-state index is 0.0503. The molecule has 0 bridgehead atoms. The minimum atomic E-state index is -0.707. The lowest BCUT2D eigenvalue weighted by molar-refractivity contribution is -0.140. The molecule has 2 aliphatic rings. The van der Waals surface area contributed by atoms with Crippen LogP contribution in [0.5, 0.6) is 0 Å². The zero-order valence-corrected chi connectivity index (χ0v) is 7.70. The maximum absolute atomic E-state index is 10.7. The van der Waals surface area contributed by atoms with Crippen molar-refractivity contribution < 1.29 is 15.0 Å². The molecule has 3 atom stereocenters. The summed E-state index contributed by atoms with van der Waals surface area (Å²) in [4.78, 5) is 10.7. The monoisotopic (exact) mass is 184 g/mol. The van der Waals surface area contributed by atoms with E-state index in [1.54, 1.807) is 0 Å². The number of carbonyl (C=O) groups is 1. The Morgan fingerprint density at radius 3 is 3.00 bits per heavy atom. The van der Waals surface area contributed by atoms with E-state index < -0.39 is 5.97 Å². The van der Waals surface area contributed by atoms with E-state index in [1.807, 2.05) is 0 Å². The molecule has 3 heteroatoms. The largest absolute Gasteiger partial charge is 0.481 e. The Hall–Kier alpha value is -0.570. The van der Waals surface area contributed by atoms with Crippen molar-refractivity contribution in [2.75, 3.05) is 0 Å². The van der Waals surface area contributed by atoms with Crippen LogP contribution in [-0.2, 0) is 4.79 Å². The Morgan fingerprint density at radius 2 is 2.31 bits per heavy atom. The smallest absolute Gasteiger partial charge is 0.303 e. The summed E-state index contributed by atoms with van der Waals surface area (Å²) in [6.07, 6.45) is 4.81. The second kappa shape index (κ2) is 2.98. The van der Waals surface area contributed by atoms with Crippen molar-refractivity contribution in [1.82, 2.24) is 0 Å². The zero-order chi connectivity index (χ0) is 9.47. The number of fused-ring (bicyclic) bond motifs is 1. The summed E-state index contributed by atoms with van der Waals surface area (Å²) in [6.45, 7) is 0. The van der Waals surface area contributed by atoms with Crippen molar-refractivity contribution in [3.05, 3.63) is 0 Å². The van der Waals surface area contributed by atoms with Gasteiger partial charge in [0.15, 0.2) is 0 Å². The molecule has 2 saturated carbocycles. The van der Waals surface area contributed by atoms with Gasteiger partial charge >= 0.3 is 5.97 Å². The molecule has 0 heterocycles. The number of aliphatic carboxylic acids is 1. The second-order valence-electron chi connectivity index (χ2n) is 4.62. The van der Waals surface area contributed by atoms with E-state index in [-0.39, 0.29) is 17.9 Å². The predicted octanol–water partition coefficient (Wildman–Crippen LogP) is 1.40. The minimum Gasteiger partial charge on any atom is -0.481 e. The van der Waals surface area contributed by atoms with Crippen LogP contribution < -0.4 is 0 Å². The van der Waals surface area contributed by atoms with Crippen molar-refractivity contribution in [3.8, 4) is 0 Å². The summed E-state index contributed by atoms with van der Waals surface area (Å²) < 4.78 is 0. The molecule has 2 rings (SSSR count). The number of aliphatic hydroxyl groups excluding tert-OH is 1. The first-order chi connectivity index (χ1) is 6.12. The normalized spacial score (nSPS) is 43.5. The van der Waals surface area contributed by atoms with Gasteiger partial charge in [0.25, 0.3) is 0 Å². The molecule has 0 spiro atoms. The molecule has 0 aromatic heterocycles. The van der Waals surface area contributed by atoms with Crippen molar-refractivity contribution in [1.29, 1.82) is 0 Å². The van der Waals surface area contributed by atoms with Gasteiger partial charge in [0.05, 0.1) is 12.5 Å². The summed E-state index contributed by atoms with van der Waals surface area (Å²) in [7, 11) is 0.